The molecule has 332 valence electrons. The minimum Gasteiger partial charge on any atom is -0.453 e. The normalized spacial score (nSPS) is 27.1. The number of piperidine rings is 2. The molecule has 5 fully saturated rings. The van der Waals surface area contributed by atoms with Crippen molar-refractivity contribution in [2.45, 2.75) is 102 Å². The molecule has 5 N–H and O–H groups in total. The lowest BCUT2D eigenvalue weighted by atomic mass is 9.89. The number of aliphatic hydroxyl groups excluding tert-OH is 1. The number of carbonyl (C=O) groups is 3. The number of rotatable bonds is 11. The van der Waals surface area contributed by atoms with E-state index in [2.05, 4.69) is 81.0 Å². The van der Waals surface area contributed by atoms with Gasteiger partial charge in [0, 0.05) is 30.7 Å². The molecule has 3 amide bonds. The molecule has 5 aromatic rings. The fourth-order valence-electron chi connectivity index (χ4n) is 11.6. The second kappa shape index (κ2) is 16.6. The number of nitrogens with zero attached hydrogens (tertiary/aromatic N) is 4. The van der Waals surface area contributed by atoms with Crippen LogP contribution in [0, 0.1) is 29.6 Å². The van der Waals surface area contributed by atoms with E-state index in [0.29, 0.717) is 31.0 Å². The molecular weight excluding hydrogens is 801 g/mol. The number of amides is 3. The van der Waals surface area contributed by atoms with Gasteiger partial charge in [-0.3, -0.25) is 9.69 Å². The van der Waals surface area contributed by atoms with Crippen molar-refractivity contribution in [2.75, 3.05) is 27.4 Å². The largest absolute Gasteiger partial charge is 0.453 e. The van der Waals surface area contributed by atoms with Gasteiger partial charge in [-0.25, -0.2) is 19.6 Å². The van der Waals surface area contributed by atoms with Gasteiger partial charge in [0.25, 0.3) is 0 Å². The maximum atomic E-state index is 14.1. The zero-order valence-electron chi connectivity index (χ0n) is 36.5. The lowest BCUT2D eigenvalue weighted by molar-refractivity contribution is -0.139. The number of imidazole rings is 2. The first kappa shape index (κ1) is 41.5. The van der Waals surface area contributed by atoms with Crippen molar-refractivity contribution in [2.24, 2.45) is 29.6 Å². The van der Waals surface area contributed by atoms with Crippen LogP contribution in [0.25, 0.3) is 44.2 Å². The summed E-state index contributed by atoms with van der Waals surface area (Å²) in [6, 6.07) is 18.0. The van der Waals surface area contributed by atoms with E-state index in [4.69, 9.17) is 24.2 Å². The lowest BCUT2D eigenvalue weighted by Gasteiger charge is -2.40. The fraction of sp³-hybridized carbons (Fsp3) is 0.521. The standard InChI is InChI=1S/C48H58N8O7/c1-24(2)38(53-47(59)61-4)45(57)55-32-13-10-31(21-32)42(55)44-50-35-15-12-30-20-29(11-14-33(30)40(35)52-44)26-6-8-27(9-7-26)36-23-49-43(51-36)37-22-34-25(3)41(34)56(37)46(58)39(54-48(60)62-5)28-16-18-63-19-17-28/h6-9,11-12,14-15,20,23-25,28,31-32,34,37-39,41-42,46,58H,10,13,16-19,21-22H2,1-5H3,(H,49,51)(H,50,52)(H,53,59)(H,54,60)/t25-,31+,32-,34+,37?,38+,39+,41-,42?,46?/m1/s1. The predicted molar refractivity (Wildman–Crippen MR) is 236 cm³/mol. The quantitative estimate of drug-likeness (QED) is 0.0921. The molecule has 10 rings (SSSR count). The molecule has 2 aromatic heterocycles. The first-order valence-electron chi connectivity index (χ1n) is 22.6. The van der Waals surface area contributed by atoms with Gasteiger partial charge in [-0.15, -0.1) is 0 Å². The van der Waals surface area contributed by atoms with E-state index in [1.54, 1.807) is 0 Å². The average molecular weight is 859 g/mol. The summed E-state index contributed by atoms with van der Waals surface area (Å²) in [6.07, 6.45) is 5.14. The van der Waals surface area contributed by atoms with E-state index >= 15 is 0 Å². The molecule has 3 unspecified atom stereocenters. The number of nitrogens with one attached hydrogen (secondary N) is 4. The maximum absolute atomic E-state index is 14.1. The highest BCUT2D eigenvalue weighted by Crippen LogP contribution is 2.58. The highest BCUT2D eigenvalue weighted by atomic mass is 16.5. The molecule has 5 heterocycles. The molecule has 3 aromatic carbocycles. The third kappa shape index (κ3) is 7.41. The summed E-state index contributed by atoms with van der Waals surface area (Å²) in [5, 5.41) is 19.9. The Kier molecular flexibility index (Phi) is 10.9. The summed E-state index contributed by atoms with van der Waals surface area (Å²) < 4.78 is 15.4. The van der Waals surface area contributed by atoms with Crippen LogP contribution < -0.4 is 10.6 Å². The van der Waals surface area contributed by atoms with E-state index < -0.39 is 30.5 Å². The van der Waals surface area contributed by atoms with Crippen molar-refractivity contribution in [3.05, 3.63) is 72.4 Å². The lowest BCUT2D eigenvalue weighted by Crippen LogP contribution is -2.57. The monoisotopic (exact) mass is 858 g/mol. The molecule has 2 saturated carbocycles. The predicted octanol–water partition coefficient (Wildman–Crippen LogP) is 7.06. The van der Waals surface area contributed by atoms with Crippen molar-refractivity contribution in [3.63, 3.8) is 0 Å². The van der Waals surface area contributed by atoms with Crippen LogP contribution in [0.4, 0.5) is 9.59 Å². The van der Waals surface area contributed by atoms with Gasteiger partial charge < -0.3 is 44.8 Å². The van der Waals surface area contributed by atoms with Gasteiger partial charge >= 0.3 is 12.2 Å². The molecule has 0 radical (unpaired) electrons. The maximum Gasteiger partial charge on any atom is 0.407 e. The Morgan fingerprint density at radius 3 is 2.35 bits per heavy atom. The van der Waals surface area contributed by atoms with Crippen LogP contribution in [0.2, 0.25) is 0 Å². The summed E-state index contributed by atoms with van der Waals surface area (Å²) in [7, 11) is 2.67. The number of carbonyl (C=O) groups excluding carboxylic acids is 3. The summed E-state index contributed by atoms with van der Waals surface area (Å²) in [4.78, 5) is 60.1. The topological polar surface area (TPSA) is 187 Å². The Hall–Kier alpha value is -5.51. The number of H-pyrrole nitrogens is 2. The van der Waals surface area contributed by atoms with Crippen molar-refractivity contribution in [1.82, 2.24) is 40.4 Å². The summed E-state index contributed by atoms with van der Waals surface area (Å²) in [6.45, 7) is 7.31. The number of benzene rings is 3. The second-order valence-corrected chi connectivity index (χ2v) is 18.8. The second-order valence-electron chi connectivity index (χ2n) is 18.8. The van der Waals surface area contributed by atoms with Gasteiger partial charge in [0.05, 0.1) is 55.3 Å². The smallest absolute Gasteiger partial charge is 0.407 e. The Morgan fingerprint density at radius 2 is 1.60 bits per heavy atom. The van der Waals surface area contributed by atoms with E-state index in [-0.39, 0.29) is 41.9 Å². The van der Waals surface area contributed by atoms with Crippen molar-refractivity contribution in [3.8, 4) is 22.4 Å². The van der Waals surface area contributed by atoms with Gasteiger partial charge in [0.15, 0.2) is 0 Å². The average Bonchev–Trinajstić information content (AvgIpc) is 4.04. The van der Waals surface area contributed by atoms with Crippen molar-refractivity contribution < 1.29 is 33.7 Å². The highest BCUT2D eigenvalue weighted by molar-refractivity contribution is 6.05. The molecule has 2 aliphatic carbocycles. The van der Waals surface area contributed by atoms with E-state index in [1.165, 1.54) is 14.2 Å². The van der Waals surface area contributed by atoms with Crippen LogP contribution >= 0.6 is 0 Å². The zero-order chi connectivity index (χ0) is 43.7. The van der Waals surface area contributed by atoms with Crippen LogP contribution in [0.5, 0.6) is 0 Å². The minimum absolute atomic E-state index is 0.0683. The number of fused-ring (bicyclic) bond motifs is 6. The molecule has 5 aliphatic rings. The van der Waals surface area contributed by atoms with Gasteiger partial charge in [-0.2, -0.15) is 0 Å². The van der Waals surface area contributed by atoms with Crippen molar-refractivity contribution in [1.29, 1.82) is 0 Å². The number of ether oxygens (including phenoxy) is 3. The number of hydrogen-bond acceptors (Lipinski definition) is 10. The summed E-state index contributed by atoms with van der Waals surface area (Å²) in [5.74, 6) is 2.70. The number of aromatic nitrogens is 4. The zero-order valence-corrected chi connectivity index (χ0v) is 36.5. The van der Waals surface area contributed by atoms with Crippen LogP contribution in [-0.2, 0) is 19.0 Å². The minimum atomic E-state index is -0.900. The number of aromatic amines is 2. The van der Waals surface area contributed by atoms with Crippen LogP contribution in [0.15, 0.2) is 60.8 Å². The molecule has 0 spiro atoms. The van der Waals surface area contributed by atoms with Crippen molar-refractivity contribution >= 4 is 39.9 Å². The molecular formula is C48H58N8O7. The summed E-state index contributed by atoms with van der Waals surface area (Å²) in [5.41, 5.74) is 5.88. The molecule has 2 bridgehead atoms. The SMILES string of the molecule is COC(=O)N[C@@H](C1CCOCC1)C(O)N1C(c2ncc(-c3ccc(-c4ccc5c(ccc6nc(C7[C@H]8CC[C@H](C8)N7C(=O)[C@@H](NC(=O)OC)C(C)C)[nH]c65)c4)cc3)[nH]2)C[C@H]2[C@@H](C)[C@H]21. The number of methoxy groups -OCH3 is 2. The highest BCUT2D eigenvalue weighted by Gasteiger charge is 2.62. The molecule has 3 aliphatic heterocycles. The van der Waals surface area contributed by atoms with Gasteiger partial charge in [0.1, 0.15) is 23.9 Å². The Bertz CT molecular complexity index is 2510. The van der Waals surface area contributed by atoms with E-state index in [1.807, 2.05) is 31.0 Å². The Morgan fingerprint density at radius 1 is 0.873 bits per heavy atom. The molecule has 15 heteroatoms. The Labute approximate surface area is 366 Å². The number of hydrogen-bond donors (Lipinski definition) is 5. The number of likely N-dealkylation sites (tertiary alicyclic amines) is 2. The third-order valence-electron chi connectivity index (χ3n) is 15.0. The summed E-state index contributed by atoms with van der Waals surface area (Å²) >= 11 is 0. The van der Waals surface area contributed by atoms with E-state index in [9.17, 15) is 19.5 Å². The molecule has 15 nitrogen and oxygen atoms in total. The van der Waals surface area contributed by atoms with Crippen LogP contribution in [0.3, 0.4) is 0 Å². The number of aliphatic hydroxyl groups is 1. The first-order valence-corrected chi connectivity index (χ1v) is 22.6. The third-order valence-corrected chi connectivity index (χ3v) is 15.0. The first-order chi connectivity index (χ1) is 30.5. The van der Waals surface area contributed by atoms with E-state index in [0.717, 1.165) is 94.4 Å². The van der Waals surface area contributed by atoms with Crippen LogP contribution in [-0.4, -0.2) is 111 Å². The molecule has 3 saturated heterocycles. The molecule has 10 atom stereocenters. The van der Waals surface area contributed by atoms with Gasteiger partial charge in [0.2, 0.25) is 5.91 Å². The van der Waals surface area contributed by atoms with Crippen LogP contribution in [0.1, 0.15) is 83.0 Å². The Balaban J connectivity index is 0.868. The number of alkyl carbamates (subject to hydrolysis) is 2. The van der Waals surface area contributed by atoms with Gasteiger partial charge in [-0.05, 0) is 102 Å². The fourth-order valence-corrected chi connectivity index (χ4v) is 11.6. The molecule has 63 heavy (non-hydrogen) atoms. The van der Waals surface area contributed by atoms with Gasteiger partial charge in [-0.1, -0.05) is 63.2 Å².